The first-order valence-electron chi connectivity index (χ1n) is 24.7. The molecule has 73 heavy (non-hydrogen) atoms. The molecule has 20 heteroatoms. The standard InChI is InChI=1S/C53H67Cl2N11O6S/c1-33(35-15-17-36(18-16-35)48-34(2)58-32-73-48)59-50(68)39-13-12-24-66(39)51(69)49(53(3,4)5)61-44(67)14-10-9-11-23-64-25-27-65(28-26-64)38-21-19-37(20-22-38)60-42-30-43(57-31-56-42)63(6)52(70)62-47-45(54)40(71-7)29-41(72-8)46(47)55/h15-22,29-33,39,49H,9-14,23-28H2,1-8H3,(H,59,68)(H,61,67)(H,62,70)(H,56,57,60)/t33-,39-,49+/m0/s1. The number of benzene rings is 3. The fourth-order valence-corrected chi connectivity index (χ4v) is 10.5. The van der Waals surface area contributed by atoms with Crippen molar-refractivity contribution in [1.29, 1.82) is 0 Å². The number of likely N-dealkylation sites (tertiary alicyclic amines) is 1. The molecule has 4 N–H and O–H groups in total. The van der Waals surface area contributed by atoms with Crippen LogP contribution in [0.15, 0.2) is 72.5 Å². The van der Waals surface area contributed by atoms with Crippen molar-refractivity contribution in [2.75, 3.05) is 81.0 Å². The van der Waals surface area contributed by atoms with E-state index in [0.717, 1.165) is 91.5 Å². The number of hydrogen-bond donors (Lipinski definition) is 4. The Morgan fingerprint density at radius 2 is 1.55 bits per heavy atom. The lowest BCUT2D eigenvalue weighted by Crippen LogP contribution is -2.57. The SMILES string of the molecule is COc1cc(OC)c(Cl)c(NC(=O)N(C)c2cc(Nc3ccc(N4CCN(CCCCCC(=O)N[C@H](C(=O)N5CCC[C@H]5C(=O)N[C@@H](C)c5ccc(-c6scnc6C)cc5)C(C)(C)C)CC4)cc3)ncn2)c1Cl. The van der Waals surface area contributed by atoms with Crippen molar-refractivity contribution in [3.05, 3.63) is 93.8 Å². The molecule has 0 radical (unpaired) electrons. The van der Waals surface area contributed by atoms with Crippen molar-refractivity contribution in [2.24, 2.45) is 5.41 Å². The molecule has 3 atom stereocenters. The number of hydrogen-bond acceptors (Lipinski definition) is 13. The number of nitrogens with zero attached hydrogens (tertiary/aromatic N) is 7. The number of aromatic nitrogens is 3. The zero-order chi connectivity index (χ0) is 52.4. The summed E-state index contributed by atoms with van der Waals surface area (Å²) in [6.45, 7) is 14.9. The number of urea groups is 1. The van der Waals surface area contributed by atoms with Crippen molar-refractivity contribution in [2.45, 2.75) is 91.3 Å². The van der Waals surface area contributed by atoms with Gasteiger partial charge in [0.2, 0.25) is 17.7 Å². The van der Waals surface area contributed by atoms with Crippen LogP contribution in [-0.2, 0) is 14.4 Å². The number of aryl methyl sites for hydroxylation is 1. The highest BCUT2D eigenvalue weighted by molar-refractivity contribution is 7.13. The van der Waals surface area contributed by atoms with Crippen LogP contribution in [0, 0.1) is 12.3 Å². The van der Waals surface area contributed by atoms with Crippen molar-refractivity contribution < 1.29 is 28.7 Å². The van der Waals surface area contributed by atoms with Gasteiger partial charge in [0, 0.05) is 69.7 Å². The predicted octanol–water partition coefficient (Wildman–Crippen LogP) is 9.73. The first kappa shape index (κ1) is 54.6. The number of nitrogens with one attached hydrogen (secondary N) is 4. The summed E-state index contributed by atoms with van der Waals surface area (Å²) in [6.07, 6.45) is 5.60. The summed E-state index contributed by atoms with van der Waals surface area (Å²) in [6, 6.07) is 17.4. The first-order valence-corrected chi connectivity index (χ1v) is 26.3. The number of amides is 5. The van der Waals surface area contributed by atoms with Gasteiger partial charge in [0.05, 0.1) is 42.0 Å². The molecule has 2 aromatic heterocycles. The van der Waals surface area contributed by atoms with Gasteiger partial charge in [0.25, 0.3) is 0 Å². The second-order valence-electron chi connectivity index (χ2n) is 19.5. The Balaban J connectivity index is 0.811. The molecule has 0 bridgehead atoms. The normalized spacial score (nSPS) is 15.8. The fraction of sp³-hybridized carbons (Fsp3) is 0.453. The Morgan fingerprint density at radius 1 is 0.863 bits per heavy atom. The molecule has 3 aromatic carbocycles. The van der Waals surface area contributed by atoms with Crippen molar-refractivity contribution in [3.63, 3.8) is 0 Å². The molecule has 4 heterocycles. The molecule has 2 fully saturated rings. The number of carbonyl (C=O) groups excluding carboxylic acids is 4. The van der Waals surface area contributed by atoms with Gasteiger partial charge in [0.1, 0.15) is 51.6 Å². The Bertz CT molecular complexity index is 2680. The Hall–Kier alpha value is -6.21. The number of rotatable bonds is 19. The number of thiazole rings is 1. The highest BCUT2D eigenvalue weighted by atomic mass is 35.5. The Kier molecular flexibility index (Phi) is 18.4. The molecular weight excluding hydrogens is 990 g/mol. The summed E-state index contributed by atoms with van der Waals surface area (Å²) in [7, 11) is 4.47. The summed E-state index contributed by atoms with van der Waals surface area (Å²) in [5.74, 6) is 0.875. The minimum absolute atomic E-state index is 0.129. The molecule has 2 aliphatic heterocycles. The van der Waals surface area contributed by atoms with Gasteiger partial charge in [-0.25, -0.2) is 19.7 Å². The van der Waals surface area contributed by atoms with E-state index in [9.17, 15) is 19.2 Å². The lowest BCUT2D eigenvalue weighted by Gasteiger charge is -2.36. The van der Waals surface area contributed by atoms with Crippen LogP contribution in [0.5, 0.6) is 11.5 Å². The number of piperazine rings is 1. The zero-order valence-electron chi connectivity index (χ0n) is 42.9. The Morgan fingerprint density at radius 3 is 2.18 bits per heavy atom. The number of anilines is 5. The van der Waals surface area contributed by atoms with Gasteiger partial charge in [0.15, 0.2) is 0 Å². The molecule has 0 aliphatic carbocycles. The minimum atomic E-state index is -0.752. The molecule has 0 unspecified atom stereocenters. The summed E-state index contributed by atoms with van der Waals surface area (Å²) in [4.78, 5) is 76.4. The van der Waals surface area contributed by atoms with E-state index in [1.807, 2.05) is 64.4 Å². The largest absolute Gasteiger partial charge is 0.495 e. The summed E-state index contributed by atoms with van der Waals surface area (Å²) in [5.41, 5.74) is 6.44. The number of unbranched alkanes of at least 4 members (excludes halogenated alkanes) is 2. The highest BCUT2D eigenvalue weighted by Crippen LogP contribution is 2.44. The van der Waals surface area contributed by atoms with Crippen LogP contribution in [-0.4, -0.2) is 121 Å². The van der Waals surface area contributed by atoms with E-state index in [1.165, 1.54) is 31.5 Å². The molecule has 0 saturated carbocycles. The average Bonchev–Trinajstić information content (AvgIpc) is 4.06. The molecule has 2 saturated heterocycles. The average molecular weight is 1060 g/mol. The van der Waals surface area contributed by atoms with E-state index in [-0.39, 0.29) is 39.5 Å². The summed E-state index contributed by atoms with van der Waals surface area (Å²) >= 11 is 14.5. The molecule has 0 spiro atoms. The smallest absolute Gasteiger partial charge is 0.327 e. The van der Waals surface area contributed by atoms with Crippen molar-refractivity contribution in [1.82, 2.24) is 35.4 Å². The van der Waals surface area contributed by atoms with E-state index in [1.54, 1.807) is 29.4 Å². The predicted molar refractivity (Wildman–Crippen MR) is 291 cm³/mol. The van der Waals surface area contributed by atoms with Gasteiger partial charge in [-0.1, -0.05) is 74.7 Å². The Labute approximate surface area is 442 Å². The van der Waals surface area contributed by atoms with Crippen LogP contribution >= 0.6 is 34.5 Å². The van der Waals surface area contributed by atoms with E-state index in [4.69, 9.17) is 32.7 Å². The first-order chi connectivity index (χ1) is 34.9. The van der Waals surface area contributed by atoms with Gasteiger partial charge < -0.3 is 40.5 Å². The number of halogens is 2. The molecule has 17 nitrogen and oxygen atoms in total. The molecule has 390 valence electrons. The molecular formula is C53H67Cl2N11O6S. The quantitative estimate of drug-likeness (QED) is 0.0575. The van der Waals surface area contributed by atoms with Gasteiger partial charge >= 0.3 is 6.03 Å². The van der Waals surface area contributed by atoms with Gasteiger partial charge in [-0.15, -0.1) is 11.3 Å². The van der Waals surface area contributed by atoms with E-state index in [2.05, 4.69) is 70.3 Å². The maximum Gasteiger partial charge on any atom is 0.327 e. The molecule has 5 amide bonds. The zero-order valence-corrected chi connectivity index (χ0v) is 45.2. The summed E-state index contributed by atoms with van der Waals surface area (Å²) < 4.78 is 10.6. The van der Waals surface area contributed by atoms with Crippen molar-refractivity contribution in [3.8, 4) is 21.9 Å². The van der Waals surface area contributed by atoms with Crippen molar-refractivity contribution >= 4 is 87.0 Å². The molecule has 2 aliphatic rings. The maximum absolute atomic E-state index is 14.1. The van der Waals surface area contributed by atoms with Crippen LogP contribution in [0.3, 0.4) is 0 Å². The second kappa shape index (κ2) is 24.7. The highest BCUT2D eigenvalue weighted by Gasteiger charge is 2.42. The second-order valence-corrected chi connectivity index (χ2v) is 21.1. The van der Waals surface area contributed by atoms with Crippen LogP contribution in [0.25, 0.3) is 10.4 Å². The monoisotopic (exact) mass is 1060 g/mol. The third-order valence-corrected chi connectivity index (χ3v) is 15.1. The van der Waals surface area contributed by atoms with Crippen LogP contribution in [0.2, 0.25) is 10.0 Å². The maximum atomic E-state index is 14.1. The molecule has 7 rings (SSSR count). The minimum Gasteiger partial charge on any atom is -0.495 e. The number of ether oxygens (including phenoxy) is 2. The van der Waals surface area contributed by atoms with Crippen LogP contribution in [0.4, 0.5) is 33.5 Å². The third-order valence-electron chi connectivity index (χ3n) is 13.4. The van der Waals surface area contributed by atoms with Crippen LogP contribution < -0.4 is 40.5 Å². The number of carbonyl (C=O) groups is 4. The summed E-state index contributed by atoms with van der Waals surface area (Å²) in [5, 5.41) is 12.5. The lowest BCUT2D eigenvalue weighted by atomic mass is 9.85. The third kappa shape index (κ3) is 13.7. The lowest BCUT2D eigenvalue weighted by molar-refractivity contribution is -0.144. The van der Waals surface area contributed by atoms with E-state index >= 15 is 0 Å². The van der Waals surface area contributed by atoms with E-state index in [0.29, 0.717) is 42.5 Å². The van der Waals surface area contributed by atoms with Gasteiger partial charge in [-0.3, -0.25) is 24.2 Å². The number of methoxy groups -OCH3 is 2. The fourth-order valence-electron chi connectivity index (χ4n) is 9.07. The van der Waals surface area contributed by atoms with Gasteiger partial charge in [-0.2, -0.15) is 0 Å². The topological polar surface area (TPSA) is 186 Å². The van der Waals surface area contributed by atoms with Gasteiger partial charge in [-0.05, 0) is 86.9 Å². The molecule has 5 aromatic rings. The van der Waals surface area contributed by atoms with E-state index < -0.39 is 23.5 Å². The van der Waals surface area contributed by atoms with Crippen LogP contribution in [0.1, 0.15) is 83.5 Å².